The molecule has 0 bridgehead atoms. The smallest absolute Gasteiger partial charge is 0.0177 e. The van der Waals surface area contributed by atoms with Crippen molar-refractivity contribution in [3.63, 3.8) is 0 Å². The van der Waals surface area contributed by atoms with Crippen LogP contribution in [0, 0.1) is 5.92 Å². The van der Waals surface area contributed by atoms with Crippen LogP contribution in [0.5, 0.6) is 0 Å². The summed E-state index contributed by atoms with van der Waals surface area (Å²) in [6, 6.07) is 0. The van der Waals surface area contributed by atoms with Crippen LogP contribution in [0.15, 0.2) is 23.3 Å². The summed E-state index contributed by atoms with van der Waals surface area (Å²) < 4.78 is 0. The van der Waals surface area contributed by atoms with Crippen molar-refractivity contribution in [2.75, 3.05) is 6.54 Å². The van der Waals surface area contributed by atoms with Gasteiger partial charge in [-0.05, 0) is 36.3 Å². The molecule has 0 saturated carbocycles. The summed E-state index contributed by atoms with van der Waals surface area (Å²) in [7, 11) is 0. The second-order valence-electron chi connectivity index (χ2n) is 3.96. The van der Waals surface area contributed by atoms with Gasteiger partial charge in [-0.25, -0.2) is 0 Å². The second kappa shape index (κ2) is 5.23. The van der Waals surface area contributed by atoms with Crippen LogP contribution in [0.2, 0.25) is 0 Å². The Bertz CT molecular complexity index is 213. The molecule has 1 aliphatic carbocycles. The predicted octanol–water partition coefficient (Wildman–Crippen LogP) is 3.03. The molecule has 74 valence electrons. The van der Waals surface area contributed by atoms with Gasteiger partial charge in [-0.3, -0.25) is 0 Å². The molecule has 1 rings (SSSR count). The Morgan fingerprint density at radius 1 is 1.31 bits per heavy atom. The van der Waals surface area contributed by atoms with E-state index in [0.717, 1.165) is 5.92 Å². The zero-order chi connectivity index (χ0) is 9.68. The normalized spacial score (nSPS) is 19.3. The van der Waals surface area contributed by atoms with E-state index in [1.165, 1.54) is 36.8 Å². The molecule has 0 radical (unpaired) electrons. The van der Waals surface area contributed by atoms with Crippen LogP contribution in [0.1, 0.15) is 39.5 Å². The lowest BCUT2D eigenvalue weighted by atomic mass is 9.89. The third kappa shape index (κ3) is 3.00. The molecule has 0 aromatic rings. The zero-order valence-electron chi connectivity index (χ0n) is 8.84. The molecule has 0 spiro atoms. The van der Waals surface area contributed by atoms with E-state index in [0.29, 0.717) is 6.54 Å². The van der Waals surface area contributed by atoms with Crippen LogP contribution in [0.4, 0.5) is 0 Å². The fourth-order valence-corrected chi connectivity index (χ4v) is 1.73. The van der Waals surface area contributed by atoms with Crippen LogP contribution >= 0.6 is 0 Å². The van der Waals surface area contributed by atoms with Crippen molar-refractivity contribution >= 4 is 0 Å². The van der Waals surface area contributed by atoms with Gasteiger partial charge in [0.2, 0.25) is 0 Å². The highest BCUT2D eigenvalue weighted by Gasteiger charge is 2.09. The van der Waals surface area contributed by atoms with Gasteiger partial charge in [-0.15, -0.1) is 0 Å². The fourth-order valence-electron chi connectivity index (χ4n) is 1.73. The quantitative estimate of drug-likeness (QED) is 0.705. The summed E-state index contributed by atoms with van der Waals surface area (Å²) in [5.74, 6) is 0.791. The zero-order valence-corrected chi connectivity index (χ0v) is 8.84. The predicted molar refractivity (Wildman–Crippen MR) is 58.5 cm³/mol. The molecule has 0 saturated heterocycles. The molecule has 1 unspecified atom stereocenters. The van der Waals surface area contributed by atoms with Gasteiger partial charge in [0.15, 0.2) is 0 Å². The minimum atomic E-state index is 0.711. The van der Waals surface area contributed by atoms with E-state index in [1.807, 2.05) is 0 Å². The van der Waals surface area contributed by atoms with Gasteiger partial charge in [-0.1, -0.05) is 32.4 Å². The molecule has 0 aliphatic heterocycles. The van der Waals surface area contributed by atoms with Crippen LogP contribution in [0.25, 0.3) is 0 Å². The minimum absolute atomic E-state index is 0.711. The molecule has 1 heteroatoms. The molecule has 0 aromatic heterocycles. The van der Waals surface area contributed by atoms with Crippen LogP contribution in [-0.4, -0.2) is 6.54 Å². The number of hydrogen-bond acceptors (Lipinski definition) is 1. The Balaban J connectivity index is 2.56. The number of allylic oxidation sites excluding steroid dienone is 2. The lowest BCUT2D eigenvalue weighted by Gasteiger charge is -2.17. The van der Waals surface area contributed by atoms with Crippen molar-refractivity contribution in [3.05, 3.63) is 23.3 Å². The van der Waals surface area contributed by atoms with Gasteiger partial charge >= 0.3 is 0 Å². The van der Waals surface area contributed by atoms with E-state index in [-0.39, 0.29) is 0 Å². The summed E-state index contributed by atoms with van der Waals surface area (Å²) in [5, 5.41) is 0. The first-order valence-corrected chi connectivity index (χ1v) is 5.36. The maximum Gasteiger partial charge on any atom is 0.0177 e. The van der Waals surface area contributed by atoms with Crippen molar-refractivity contribution in [1.82, 2.24) is 0 Å². The highest BCUT2D eigenvalue weighted by molar-refractivity contribution is 5.34. The molecule has 1 nitrogen and oxygen atoms in total. The first-order chi connectivity index (χ1) is 6.27. The van der Waals surface area contributed by atoms with Gasteiger partial charge in [0.25, 0.3) is 0 Å². The van der Waals surface area contributed by atoms with E-state index in [2.05, 4.69) is 26.0 Å². The molecule has 13 heavy (non-hydrogen) atoms. The van der Waals surface area contributed by atoms with Crippen LogP contribution in [0.3, 0.4) is 0 Å². The van der Waals surface area contributed by atoms with E-state index < -0.39 is 0 Å². The second-order valence-corrected chi connectivity index (χ2v) is 3.96. The van der Waals surface area contributed by atoms with Crippen molar-refractivity contribution in [2.24, 2.45) is 11.7 Å². The third-order valence-electron chi connectivity index (χ3n) is 2.85. The molecule has 1 atom stereocenters. The third-order valence-corrected chi connectivity index (χ3v) is 2.85. The first-order valence-electron chi connectivity index (χ1n) is 5.36. The van der Waals surface area contributed by atoms with Gasteiger partial charge in [-0.2, -0.15) is 0 Å². The Labute approximate surface area is 81.7 Å². The first kappa shape index (κ1) is 10.5. The average Bonchev–Trinajstić information content (AvgIpc) is 2.18. The average molecular weight is 179 g/mol. The Kier molecular flexibility index (Phi) is 4.23. The number of hydrogen-bond donors (Lipinski definition) is 1. The maximum absolute atomic E-state index is 5.70. The number of nitrogens with two attached hydrogens (primary N) is 1. The van der Waals surface area contributed by atoms with Gasteiger partial charge in [0.1, 0.15) is 0 Å². The summed E-state index contributed by atoms with van der Waals surface area (Å²) in [4.78, 5) is 0. The summed E-state index contributed by atoms with van der Waals surface area (Å²) in [6.45, 7) is 5.27. The molecule has 0 amide bonds. The Morgan fingerprint density at radius 3 is 2.46 bits per heavy atom. The van der Waals surface area contributed by atoms with Gasteiger partial charge in [0.05, 0.1) is 0 Å². The summed E-state index contributed by atoms with van der Waals surface area (Å²) in [6.07, 6.45) is 9.52. The van der Waals surface area contributed by atoms with E-state index in [9.17, 15) is 0 Å². The monoisotopic (exact) mass is 179 g/mol. The highest BCUT2D eigenvalue weighted by atomic mass is 14.5. The largest absolute Gasteiger partial charge is 0.326 e. The van der Waals surface area contributed by atoms with E-state index >= 15 is 0 Å². The standard InChI is InChI=1S/C12H21N/c1-3-10(2)8-11-6-4-5-7-12(11)9-13/h6-7,10H,3-5,8-9,13H2,1-2H3. The highest BCUT2D eigenvalue weighted by Crippen LogP contribution is 2.25. The lowest BCUT2D eigenvalue weighted by molar-refractivity contribution is 0.556. The number of rotatable bonds is 4. The Morgan fingerprint density at radius 2 is 1.92 bits per heavy atom. The SMILES string of the molecule is CCC(C)CC1=CCCC=C1CN. The summed E-state index contributed by atoms with van der Waals surface area (Å²) in [5.41, 5.74) is 8.59. The van der Waals surface area contributed by atoms with E-state index in [1.54, 1.807) is 0 Å². The van der Waals surface area contributed by atoms with Gasteiger partial charge in [0, 0.05) is 6.54 Å². The molecular weight excluding hydrogens is 158 g/mol. The van der Waals surface area contributed by atoms with Crippen molar-refractivity contribution in [3.8, 4) is 0 Å². The molecule has 0 aromatic carbocycles. The van der Waals surface area contributed by atoms with E-state index in [4.69, 9.17) is 5.73 Å². The lowest BCUT2D eigenvalue weighted by Crippen LogP contribution is -2.10. The van der Waals surface area contributed by atoms with Crippen LogP contribution < -0.4 is 5.73 Å². The van der Waals surface area contributed by atoms with Crippen molar-refractivity contribution in [2.45, 2.75) is 39.5 Å². The minimum Gasteiger partial charge on any atom is -0.326 e. The molecular formula is C12H21N. The summed E-state index contributed by atoms with van der Waals surface area (Å²) >= 11 is 0. The van der Waals surface area contributed by atoms with Crippen LogP contribution in [-0.2, 0) is 0 Å². The molecule has 0 heterocycles. The molecule has 1 aliphatic rings. The fraction of sp³-hybridized carbons (Fsp3) is 0.667. The van der Waals surface area contributed by atoms with Crippen molar-refractivity contribution in [1.29, 1.82) is 0 Å². The van der Waals surface area contributed by atoms with Crippen molar-refractivity contribution < 1.29 is 0 Å². The Hall–Kier alpha value is -0.560. The van der Waals surface area contributed by atoms with Gasteiger partial charge < -0.3 is 5.73 Å². The maximum atomic E-state index is 5.70. The molecule has 0 fully saturated rings. The topological polar surface area (TPSA) is 26.0 Å². The molecule has 2 N–H and O–H groups in total.